The predicted molar refractivity (Wildman–Crippen MR) is 105 cm³/mol. The summed E-state index contributed by atoms with van der Waals surface area (Å²) in [5.41, 5.74) is 2.17. The van der Waals surface area contributed by atoms with Crippen LogP contribution >= 0.6 is 23.1 Å². The van der Waals surface area contributed by atoms with Gasteiger partial charge in [-0.05, 0) is 50.5 Å². The highest BCUT2D eigenvalue weighted by atomic mass is 32.2. The van der Waals surface area contributed by atoms with Gasteiger partial charge >= 0.3 is 0 Å². The molecule has 0 aliphatic rings. The zero-order valence-electron chi connectivity index (χ0n) is 14.9. The first-order valence-electron chi connectivity index (χ1n) is 8.35. The number of thiophene rings is 1. The maximum Gasteiger partial charge on any atom is 0.233 e. The lowest BCUT2D eigenvalue weighted by molar-refractivity contribution is -0.120. The van der Waals surface area contributed by atoms with Gasteiger partial charge in [0, 0.05) is 16.8 Å². The summed E-state index contributed by atoms with van der Waals surface area (Å²) in [6, 6.07) is 6.33. The number of fused-ring (bicyclic) bond motifs is 1. The van der Waals surface area contributed by atoms with Crippen LogP contribution < -0.4 is 5.32 Å². The molecule has 0 fully saturated rings. The second-order valence-electron chi connectivity index (χ2n) is 6.07. The molecule has 0 saturated carbocycles. The molecule has 0 radical (unpaired) electrons. The Morgan fingerprint density at radius 1 is 1.27 bits per heavy atom. The molecular weight excluding hydrogens is 369 g/mol. The van der Waals surface area contributed by atoms with Gasteiger partial charge in [-0.2, -0.15) is 0 Å². The molecule has 0 aliphatic carbocycles. The van der Waals surface area contributed by atoms with E-state index in [1.54, 1.807) is 29.8 Å². The number of hydrogen-bond donors (Lipinski definition) is 1. The van der Waals surface area contributed by atoms with Crippen molar-refractivity contribution in [3.8, 4) is 0 Å². The van der Waals surface area contributed by atoms with Gasteiger partial charge in [0.25, 0.3) is 0 Å². The summed E-state index contributed by atoms with van der Waals surface area (Å²) in [5, 5.41) is 4.57. The maximum absolute atomic E-state index is 12.9. The largest absolute Gasteiger partial charge is 0.355 e. The Hall–Kier alpha value is -1.99. The number of hydrogen-bond acceptors (Lipinski definition) is 5. The summed E-state index contributed by atoms with van der Waals surface area (Å²) in [5.74, 6) is -0.286. The van der Waals surface area contributed by atoms with Crippen LogP contribution in [0.1, 0.15) is 22.9 Å². The van der Waals surface area contributed by atoms with E-state index in [0.717, 1.165) is 20.8 Å². The lowest BCUT2D eigenvalue weighted by atomic mass is 10.1. The van der Waals surface area contributed by atoms with Crippen molar-refractivity contribution in [3.05, 3.63) is 52.4 Å². The average molecular weight is 390 g/mol. The number of aryl methyl sites for hydroxylation is 2. The van der Waals surface area contributed by atoms with Crippen LogP contribution in [0.5, 0.6) is 0 Å². The van der Waals surface area contributed by atoms with E-state index in [1.807, 2.05) is 6.92 Å². The van der Waals surface area contributed by atoms with Gasteiger partial charge < -0.3 is 5.32 Å². The number of carbonyl (C=O) groups excluding carboxylic acids is 1. The molecule has 2 heterocycles. The third-order valence-electron chi connectivity index (χ3n) is 4.21. The number of rotatable bonds is 6. The molecule has 4 nitrogen and oxygen atoms in total. The Kier molecular flexibility index (Phi) is 5.88. The van der Waals surface area contributed by atoms with Crippen molar-refractivity contribution in [1.29, 1.82) is 0 Å². The van der Waals surface area contributed by atoms with E-state index in [2.05, 4.69) is 29.1 Å². The third kappa shape index (κ3) is 4.22. The summed E-state index contributed by atoms with van der Waals surface area (Å²) in [7, 11) is 0. The number of nitrogens with zero attached hydrogens (tertiary/aromatic N) is 2. The molecule has 0 unspecified atom stereocenters. The minimum Gasteiger partial charge on any atom is -0.355 e. The lowest BCUT2D eigenvalue weighted by Crippen LogP contribution is -2.32. The minimum absolute atomic E-state index is 0.0338. The molecule has 0 aliphatic heterocycles. The molecule has 1 aromatic carbocycles. The summed E-state index contributed by atoms with van der Waals surface area (Å²) < 4.78 is 12.9. The second kappa shape index (κ2) is 8.14. The molecule has 136 valence electrons. The van der Waals surface area contributed by atoms with Crippen LogP contribution in [-0.4, -0.2) is 27.7 Å². The molecule has 0 spiro atoms. The second-order valence-corrected chi connectivity index (χ2v) is 8.60. The number of aromatic nitrogens is 2. The van der Waals surface area contributed by atoms with Crippen molar-refractivity contribution in [2.75, 3.05) is 6.54 Å². The van der Waals surface area contributed by atoms with E-state index >= 15 is 0 Å². The number of carbonyl (C=O) groups is 1. The lowest BCUT2D eigenvalue weighted by Gasteiger charge is -2.12. The first kappa shape index (κ1) is 18.8. The van der Waals surface area contributed by atoms with Crippen molar-refractivity contribution < 1.29 is 9.18 Å². The third-order valence-corrected chi connectivity index (χ3v) is 6.43. The number of thioether (sulfide) groups is 1. The van der Waals surface area contributed by atoms with Crippen molar-refractivity contribution in [3.63, 3.8) is 0 Å². The van der Waals surface area contributed by atoms with Crippen molar-refractivity contribution in [2.45, 2.75) is 37.5 Å². The SMILES string of the molecule is Cc1sc2ncnc(S[C@H](C)C(=O)NCCc3ccc(F)cc3)c2c1C. The Morgan fingerprint density at radius 3 is 2.73 bits per heavy atom. The molecule has 26 heavy (non-hydrogen) atoms. The van der Waals surface area contributed by atoms with Crippen molar-refractivity contribution in [2.24, 2.45) is 0 Å². The Labute approximate surface area is 160 Å². The highest BCUT2D eigenvalue weighted by Crippen LogP contribution is 2.35. The van der Waals surface area contributed by atoms with E-state index in [4.69, 9.17) is 0 Å². The van der Waals surface area contributed by atoms with Gasteiger partial charge in [-0.1, -0.05) is 23.9 Å². The number of amides is 1. The van der Waals surface area contributed by atoms with Gasteiger partial charge in [0.15, 0.2) is 0 Å². The van der Waals surface area contributed by atoms with Gasteiger partial charge in [-0.25, -0.2) is 14.4 Å². The van der Waals surface area contributed by atoms with E-state index < -0.39 is 0 Å². The zero-order valence-corrected chi connectivity index (χ0v) is 16.5. The van der Waals surface area contributed by atoms with E-state index in [-0.39, 0.29) is 17.0 Å². The number of benzene rings is 1. The molecule has 1 atom stereocenters. The molecule has 0 saturated heterocycles. The van der Waals surface area contributed by atoms with E-state index in [9.17, 15) is 9.18 Å². The molecule has 3 aromatic rings. The van der Waals surface area contributed by atoms with Crippen LogP contribution in [0.2, 0.25) is 0 Å². The minimum atomic E-state index is -0.263. The average Bonchev–Trinajstić information content (AvgIpc) is 2.91. The Bertz CT molecular complexity index is 924. The van der Waals surface area contributed by atoms with Gasteiger partial charge in [-0.15, -0.1) is 11.3 Å². The molecule has 0 bridgehead atoms. The highest BCUT2D eigenvalue weighted by Gasteiger charge is 2.19. The fourth-order valence-electron chi connectivity index (χ4n) is 2.59. The highest BCUT2D eigenvalue weighted by molar-refractivity contribution is 8.00. The molecule has 7 heteroatoms. The van der Waals surface area contributed by atoms with Crippen LogP contribution in [0.4, 0.5) is 4.39 Å². The molecule has 2 aromatic heterocycles. The summed E-state index contributed by atoms with van der Waals surface area (Å²) in [6.07, 6.45) is 2.23. The number of nitrogens with one attached hydrogen (secondary N) is 1. The van der Waals surface area contributed by atoms with Crippen molar-refractivity contribution in [1.82, 2.24) is 15.3 Å². The summed E-state index contributed by atoms with van der Waals surface area (Å²) in [4.78, 5) is 23.3. The smallest absolute Gasteiger partial charge is 0.233 e. The van der Waals surface area contributed by atoms with Gasteiger partial charge in [0.2, 0.25) is 5.91 Å². The zero-order chi connectivity index (χ0) is 18.7. The summed E-state index contributed by atoms with van der Waals surface area (Å²) >= 11 is 3.10. The van der Waals surface area contributed by atoms with Crippen LogP contribution in [0.25, 0.3) is 10.2 Å². The fourth-order valence-corrected chi connectivity index (χ4v) is 4.65. The quantitative estimate of drug-likeness (QED) is 0.505. The van der Waals surface area contributed by atoms with Crippen molar-refractivity contribution >= 4 is 39.2 Å². The van der Waals surface area contributed by atoms with Gasteiger partial charge in [-0.3, -0.25) is 4.79 Å². The molecule has 3 rings (SSSR count). The topological polar surface area (TPSA) is 54.9 Å². The Morgan fingerprint density at radius 2 is 2.00 bits per heavy atom. The van der Waals surface area contributed by atoms with Crippen LogP contribution in [-0.2, 0) is 11.2 Å². The molecule has 1 amide bonds. The monoisotopic (exact) mass is 389 g/mol. The Balaban J connectivity index is 1.60. The normalized spacial score (nSPS) is 12.3. The first-order chi connectivity index (χ1) is 12.5. The number of halogens is 1. The van der Waals surface area contributed by atoms with Crippen LogP contribution in [0.15, 0.2) is 35.6 Å². The predicted octanol–water partition coefficient (Wildman–Crippen LogP) is 4.29. The fraction of sp³-hybridized carbons (Fsp3) is 0.316. The van der Waals surface area contributed by atoms with E-state index in [0.29, 0.717) is 13.0 Å². The van der Waals surface area contributed by atoms with Gasteiger partial charge in [0.05, 0.1) is 5.25 Å². The first-order valence-corrected chi connectivity index (χ1v) is 10.0. The maximum atomic E-state index is 12.9. The van der Waals surface area contributed by atoms with Gasteiger partial charge in [0.1, 0.15) is 22.0 Å². The van der Waals surface area contributed by atoms with E-state index in [1.165, 1.54) is 34.3 Å². The standard InChI is InChI=1S/C19H20FN3OS2/c1-11-12(2)25-18-16(11)19(23-10-22-18)26-13(3)17(24)21-9-8-14-4-6-15(20)7-5-14/h4-7,10,13H,8-9H2,1-3H3,(H,21,24)/t13-/m1/s1. The summed E-state index contributed by atoms with van der Waals surface area (Å²) in [6.45, 7) is 6.53. The van der Waals surface area contributed by atoms with Crippen LogP contribution in [0, 0.1) is 19.7 Å². The molecule has 1 N–H and O–H groups in total. The molecular formula is C19H20FN3OS2. The van der Waals surface area contributed by atoms with Crippen LogP contribution in [0.3, 0.4) is 0 Å².